The Bertz CT molecular complexity index is 1130. The Hall–Kier alpha value is -2.92. The van der Waals surface area contributed by atoms with Gasteiger partial charge >= 0.3 is 6.18 Å². The molecule has 2 aromatic carbocycles. The van der Waals surface area contributed by atoms with Crippen molar-refractivity contribution in [1.82, 2.24) is 4.31 Å². The molecule has 1 aliphatic rings. The average Bonchev–Trinajstić information content (AvgIpc) is 2.72. The maximum absolute atomic E-state index is 13.0. The zero-order valence-electron chi connectivity index (χ0n) is 17.4. The van der Waals surface area contributed by atoms with Crippen molar-refractivity contribution in [2.24, 2.45) is 0 Å². The van der Waals surface area contributed by atoms with E-state index in [4.69, 9.17) is 0 Å². The van der Waals surface area contributed by atoms with Crippen LogP contribution in [0.15, 0.2) is 47.4 Å². The fraction of sp³-hybridized carbons (Fsp3) is 0.333. The van der Waals surface area contributed by atoms with Crippen LogP contribution in [0.3, 0.4) is 0 Å². The van der Waals surface area contributed by atoms with E-state index in [1.165, 1.54) is 49.2 Å². The number of fused-ring (bicyclic) bond motifs is 1. The van der Waals surface area contributed by atoms with Gasteiger partial charge in [0.05, 0.1) is 17.0 Å². The Morgan fingerprint density at radius 3 is 2.38 bits per heavy atom. The minimum Gasteiger partial charge on any atom is -0.326 e. The maximum Gasteiger partial charge on any atom is 0.416 e. The van der Waals surface area contributed by atoms with Crippen LogP contribution in [0.1, 0.15) is 24.5 Å². The predicted molar refractivity (Wildman–Crippen MR) is 113 cm³/mol. The normalized spacial score (nSPS) is 14.2. The highest BCUT2D eigenvalue weighted by atomic mass is 32.2. The third-order valence-corrected chi connectivity index (χ3v) is 6.88. The van der Waals surface area contributed by atoms with Gasteiger partial charge in [-0.15, -0.1) is 0 Å². The van der Waals surface area contributed by atoms with Crippen molar-refractivity contribution >= 4 is 33.2 Å². The van der Waals surface area contributed by atoms with Crippen molar-refractivity contribution in [1.29, 1.82) is 0 Å². The third-order valence-electron chi connectivity index (χ3n) is 5.07. The Kier molecular flexibility index (Phi) is 6.61. The molecule has 0 saturated heterocycles. The van der Waals surface area contributed by atoms with E-state index in [2.05, 4.69) is 5.32 Å². The predicted octanol–water partition coefficient (Wildman–Crippen LogP) is 3.26. The highest BCUT2D eigenvalue weighted by molar-refractivity contribution is 7.89. The number of hydrogen-bond acceptors (Lipinski definition) is 4. The van der Waals surface area contributed by atoms with Crippen molar-refractivity contribution in [2.45, 2.75) is 30.8 Å². The first-order valence-corrected chi connectivity index (χ1v) is 11.2. The zero-order chi connectivity index (χ0) is 23.7. The smallest absolute Gasteiger partial charge is 0.326 e. The number of hydrogen-bond donors (Lipinski definition) is 1. The fourth-order valence-corrected chi connectivity index (χ4v) is 4.61. The van der Waals surface area contributed by atoms with E-state index < -0.39 is 34.2 Å². The Morgan fingerprint density at radius 1 is 1.12 bits per heavy atom. The summed E-state index contributed by atoms with van der Waals surface area (Å²) in [6.45, 7) is 1.14. The Labute approximate surface area is 183 Å². The summed E-state index contributed by atoms with van der Waals surface area (Å²) in [6.07, 6.45) is -3.61. The van der Waals surface area contributed by atoms with Crippen LogP contribution in [0.4, 0.5) is 24.5 Å². The third kappa shape index (κ3) is 5.10. The van der Waals surface area contributed by atoms with Gasteiger partial charge in [0.25, 0.3) is 0 Å². The van der Waals surface area contributed by atoms with Gasteiger partial charge in [0.1, 0.15) is 0 Å². The molecule has 0 bridgehead atoms. The minimum atomic E-state index is -4.48. The van der Waals surface area contributed by atoms with E-state index in [1.54, 1.807) is 0 Å². The molecule has 1 aliphatic heterocycles. The SMILES string of the molecule is CC(=O)Nc1ccc(S(=O)(=O)N(C)CC(=O)N2CCCc3cc(C(F)(F)F)ccc32)cc1. The molecule has 0 fully saturated rings. The van der Waals surface area contributed by atoms with E-state index >= 15 is 0 Å². The summed E-state index contributed by atoms with van der Waals surface area (Å²) in [5.41, 5.74) is 0.407. The highest BCUT2D eigenvalue weighted by Gasteiger charge is 2.33. The van der Waals surface area contributed by atoms with Gasteiger partial charge < -0.3 is 10.2 Å². The molecule has 0 spiro atoms. The molecule has 0 aliphatic carbocycles. The second kappa shape index (κ2) is 8.91. The molecule has 11 heteroatoms. The number of benzene rings is 2. The standard InChI is InChI=1S/C21H22F3N3O4S/c1-14(28)25-17-6-8-18(9-7-17)32(30,31)26(2)13-20(29)27-11-3-4-15-12-16(21(22,23)24)5-10-19(15)27/h5-10,12H,3-4,11,13H2,1-2H3,(H,25,28). The number of nitrogens with zero attached hydrogens (tertiary/aromatic N) is 2. The van der Waals surface area contributed by atoms with Gasteiger partial charge in [0.15, 0.2) is 0 Å². The summed E-state index contributed by atoms with van der Waals surface area (Å²) in [5.74, 6) is -0.834. The highest BCUT2D eigenvalue weighted by Crippen LogP contribution is 2.35. The van der Waals surface area contributed by atoms with Crippen LogP contribution < -0.4 is 10.2 Å². The Balaban J connectivity index is 1.76. The monoisotopic (exact) mass is 469 g/mol. The minimum absolute atomic E-state index is 0.0595. The number of alkyl halides is 3. The van der Waals surface area contributed by atoms with Gasteiger partial charge in [-0.3, -0.25) is 9.59 Å². The molecule has 3 rings (SSSR count). The number of nitrogens with one attached hydrogen (secondary N) is 1. The van der Waals surface area contributed by atoms with Crippen molar-refractivity contribution in [3.63, 3.8) is 0 Å². The van der Waals surface area contributed by atoms with Crippen molar-refractivity contribution in [3.8, 4) is 0 Å². The lowest BCUT2D eigenvalue weighted by Gasteiger charge is -2.31. The van der Waals surface area contributed by atoms with Gasteiger partial charge in [-0.2, -0.15) is 17.5 Å². The molecule has 0 unspecified atom stereocenters. The molecule has 1 N–H and O–H groups in total. The molecule has 0 aromatic heterocycles. The van der Waals surface area contributed by atoms with Crippen molar-refractivity contribution in [3.05, 3.63) is 53.6 Å². The maximum atomic E-state index is 13.0. The topological polar surface area (TPSA) is 86.8 Å². The summed E-state index contributed by atoms with van der Waals surface area (Å²) in [4.78, 5) is 25.2. The molecule has 0 saturated carbocycles. The second-order valence-electron chi connectivity index (χ2n) is 7.46. The Morgan fingerprint density at radius 2 is 1.78 bits per heavy atom. The molecule has 2 amide bonds. The van der Waals surface area contributed by atoms with Crippen molar-refractivity contribution < 1.29 is 31.2 Å². The number of likely N-dealkylation sites (N-methyl/N-ethyl adjacent to an activating group) is 1. The van der Waals surface area contributed by atoms with Crippen LogP contribution in [-0.4, -0.2) is 44.7 Å². The van der Waals surface area contributed by atoms with Crippen LogP contribution in [0.25, 0.3) is 0 Å². The first kappa shape index (κ1) is 23.7. The lowest BCUT2D eigenvalue weighted by Crippen LogP contribution is -2.43. The molecule has 7 nitrogen and oxygen atoms in total. The fourth-order valence-electron chi connectivity index (χ4n) is 3.49. The molecular weight excluding hydrogens is 447 g/mol. The lowest BCUT2D eigenvalue weighted by molar-refractivity contribution is -0.137. The number of carbonyl (C=O) groups is 2. The molecular formula is C21H22F3N3O4S. The summed E-state index contributed by atoms with van der Waals surface area (Å²) in [6, 6.07) is 8.71. The van der Waals surface area contributed by atoms with E-state index in [1.807, 2.05) is 0 Å². The quantitative estimate of drug-likeness (QED) is 0.728. The van der Waals surface area contributed by atoms with Gasteiger partial charge in [-0.1, -0.05) is 0 Å². The summed E-state index contributed by atoms with van der Waals surface area (Å²) >= 11 is 0. The second-order valence-corrected chi connectivity index (χ2v) is 9.50. The number of amides is 2. The number of sulfonamides is 1. The summed E-state index contributed by atoms with van der Waals surface area (Å²) < 4.78 is 65.5. The van der Waals surface area contributed by atoms with Gasteiger partial charge in [-0.05, 0) is 60.9 Å². The summed E-state index contributed by atoms with van der Waals surface area (Å²) in [7, 11) is -2.74. The average molecular weight is 469 g/mol. The van der Waals surface area contributed by atoms with Gasteiger partial charge in [0, 0.05) is 31.9 Å². The van der Waals surface area contributed by atoms with Crippen LogP contribution >= 0.6 is 0 Å². The number of anilines is 2. The number of rotatable bonds is 5. The van der Waals surface area contributed by atoms with E-state index in [0.29, 0.717) is 29.8 Å². The number of carbonyl (C=O) groups excluding carboxylic acids is 2. The zero-order valence-corrected chi connectivity index (χ0v) is 18.3. The molecule has 2 aromatic rings. The van der Waals surface area contributed by atoms with Crippen molar-refractivity contribution in [2.75, 3.05) is 30.4 Å². The number of halogens is 3. The molecule has 32 heavy (non-hydrogen) atoms. The van der Waals surface area contributed by atoms with Crippen LogP contribution in [0.2, 0.25) is 0 Å². The largest absolute Gasteiger partial charge is 0.416 e. The van der Waals surface area contributed by atoms with E-state index in [0.717, 1.165) is 16.4 Å². The molecule has 1 heterocycles. The lowest BCUT2D eigenvalue weighted by atomic mass is 9.99. The molecule has 172 valence electrons. The van der Waals surface area contributed by atoms with E-state index in [9.17, 15) is 31.2 Å². The molecule has 0 atom stereocenters. The first-order chi connectivity index (χ1) is 14.9. The molecule has 0 radical (unpaired) electrons. The van der Waals surface area contributed by atoms with Crippen LogP contribution in [0, 0.1) is 0 Å². The summed E-state index contributed by atoms with van der Waals surface area (Å²) in [5, 5.41) is 2.53. The van der Waals surface area contributed by atoms with Gasteiger partial charge in [0.2, 0.25) is 21.8 Å². The van der Waals surface area contributed by atoms with Gasteiger partial charge in [-0.25, -0.2) is 8.42 Å². The van der Waals surface area contributed by atoms with E-state index in [-0.39, 0.29) is 17.3 Å². The number of aryl methyl sites for hydroxylation is 1. The van der Waals surface area contributed by atoms with Crippen LogP contribution in [0.5, 0.6) is 0 Å². The first-order valence-electron chi connectivity index (χ1n) is 9.74. The van der Waals surface area contributed by atoms with Crippen LogP contribution in [-0.2, 0) is 32.2 Å².